The minimum Gasteiger partial charge on any atom is -0.494 e. The molecular formula is C24H25ClN2O4S. The van der Waals surface area contributed by atoms with Crippen molar-refractivity contribution >= 4 is 33.2 Å². The molecule has 3 aromatic carbocycles. The van der Waals surface area contributed by atoms with Gasteiger partial charge < -0.3 is 10.1 Å². The lowest BCUT2D eigenvalue weighted by Crippen LogP contribution is -2.45. The van der Waals surface area contributed by atoms with E-state index >= 15 is 0 Å². The van der Waals surface area contributed by atoms with E-state index < -0.39 is 22.0 Å². The lowest BCUT2D eigenvalue weighted by atomic mass is 10.1. The van der Waals surface area contributed by atoms with Crippen molar-refractivity contribution in [2.75, 3.05) is 11.9 Å². The monoisotopic (exact) mass is 472 g/mol. The Hall–Kier alpha value is -2.87. The summed E-state index contributed by atoms with van der Waals surface area (Å²) in [7, 11) is -3.98. The maximum atomic E-state index is 13.1. The molecular weight excluding hydrogens is 448 g/mol. The van der Waals surface area contributed by atoms with Gasteiger partial charge in [0.25, 0.3) is 0 Å². The molecule has 6 nitrogen and oxygen atoms in total. The van der Waals surface area contributed by atoms with Crippen LogP contribution in [0.1, 0.15) is 18.1 Å². The van der Waals surface area contributed by atoms with Crippen molar-refractivity contribution in [2.45, 2.75) is 31.2 Å². The van der Waals surface area contributed by atoms with Crippen molar-refractivity contribution in [3.63, 3.8) is 0 Å². The van der Waals surface area contributed by atoms with Gasteiger partial charge in [-0.15, -0.1) is 0 Å². The van der Waals surface area contributed by atoms with Crippen LogP contribution in [0.5, 0.6) is 5.75 Å². The summed E-state index contributed by atoms with van der Waals surface area (Å²) in [6.45, 7) is 4.11. The van der Waals surface area contributed by atoms with E-state index in [9.17, 15) is 13.2 Å². The standard InChI is InChI=1S/C24H25ClN2O4S/c1-3-31-23-14-13-19(15-17(23)2)32(29,30)27-22(16-18-9-5-4-6-10-18)24(28)26-21-12-8-7-11-20(21)25/h4-15,22,27H,3,16H2,1-2H3,(H,26,28)/t22-/m1/s1. The van der Waals surface area contributed by atoms with Crippen LogP contribution in [-0.4, -0.2) is 27.0 Å². The predicted molar refractivity (Wildman–Crippen MR) is 127 cm³/mol. The molecule has 168 valence electrons. The summed E-state index contributed by atoms with van der Waals surface area (Å²) >= 11 is 6.15. The summed E-state index contributed by atoms with van der Waals surface area (Å²) in [5.41, 5.74) is 1.92. The Morgan fingerprint density at radius 3 is 2.38 bits per heavy atom. The molecule has 3 aromatic rings. The second-order valence-electron chi connectivity index (χ2n) is 7.19. The van der Waals surface area contributed by atoms with Gasteiger partial charge in [0, 0.05) is 0 Å². The first kappa shape index (κ1) is 23.8. The van der Waals surface area contributed by atoms with E-state index in [-0.39, 0.29) is 11.3 Å². The molecule has 0 heterocycles. The van der Waals surface area contributed by atoms with Gasteiger partial charge >= 0.3 is 0 Å². The number of carbonyl (C=O) groups excluding carboxylic acids is 1. The first-order valence-electron chi connectivity index (χ1n) is 10.1. The molecule has 3 rings (SSSR count). The highest BCUT2D eigenvalue weighted by atomic mass is 35.5. The fourth-order valence-corrected chi connectivity index (χ4v) is 4.65. The van der Waals surface area contributed by atoms with Crippen LogP contribution in [0.3, 0.4) is 0 Å². The Bertz CT molecular complexity index is 1180. The summed E-state index contributed by atoms with van der Waals surface area (Å²) in [6.07, 6.45) is 0.173. The van der Waals surface area contributed by atoms with E-state index in [1.807, 2.05) is 37.3 Å². The van der Waals surface area contributed by atoms with Crippen LogP contribution < -0.4 is 14.8 Å². The zero-order valence-electron chi connectivity index (χ0n) is 17.8. The Kier molecular flexibility index (Phi) is 7.90. The Labute approximate surface area is 193 Å². The van der Waals surface area contributed by atoms with Gasteiger partial charge in [0.05, 0.1) is 22.2 Å². The number of hydrogen-bond donors (Lipinski definition) is 2. The lowest BCUT2D eigenvalue weighted by molar-refractivity contribution is -0.117. The molecule has 2 N–H and O–H groups in total. The van der Waals surface area contributed by atoms with Gasteiger partial charge in [0.1, 0.15) is 11.8 Å². The van der Waals surface area contributed by atoms with E-state index in [1.165, 1.54) is 12.1 Å². The summed E-state index contributed by atoms with van der Waals surface area (Å²) < 4.78 is 34.3. The van der Waals surface area contributed by atoms with Crippen molar-refractivity contribution in [1.29, 1.82) is 0 Å². The highest BCUT2D eigenvalue weighted by Crippen LogP contribution is 2.23. The maximum Gasteiger partial charge on any atom is 0.242 e. The second kappa shape index (κ2) is 10.6. The van der Waals surface area contributed by atoms with Crippen LogP contribution in [0, 0.1) is 6.92 Å². The van der Waals surface area contributed by atoms with Crippen LogP contribution in [0.25, 0.3) is 0 Å². The highest BCUT2D eigenvalue weighted by molar-refractivity contribution is 7.89. The van der Waals surface area contributed by atoms with Crippen molar-refractivity contribution in [3.05, 3.63) is 88.9 Å². The van der Waals surface area contributed by atoms with Gasteiger partial charge in [-0.1, -0.05) is 54.1 Å². The van der Waals surface area contributed by atoms with Crippen molar-refractivity contribution in [1.82, 2.24) is 4.72 Å². The molecule has 0 fully saturated rings. The minimum absolute atomic E-state index is 0.0575. The normalized spacial score (nSPS) is 12.2. The highest BCUT2D eigenvalue weighted by Gasteiger charge is 2.27. The Morgan fingerprint density at radius 2 is 1.72 bits per heavy atom. The largest absolute Gasteiger partial charge is 0.494 e. The van der Waals surface area contributed by atoms with Crippen LogP contribution in [0.4, 0.5) is 5.69 Å². The number of sulfonamides is 1. The number of anilines is 1. The van der Waals surface area contributed by atoms with E-state index in [0.29, 0.717) is 28.6 Å². The number of hydrogen-bond acceptors (Lipinski definition) is 4. The van der Waals surface area contributed by atoms with E-state index in [2.05, 4.69) is 10.0 Å². The average molecular weight is 473 g/mol. The fourth-order valence-electron chi connectivity index (χ4n) is 3.18. The summed E-state index contributed by atoms with van der Waals surface area (Å²) in [5.74, 6) is 0.108. The topological polar surface area (TPSA) is 84.5 Å². The van der Waals surface area contributed by atoms with Crippen molar-refractivity contribution < 1.29 is 17.9 Å². The SMILES string of the molecule is CCOc1ccc(S(=O)(=O)N[C@H](Cc2ccccc2)C(=O)Nc2ccccc2Cl)cc1C. The lowest BCUT2D eigenvalue weighted by Gasteiger charge is -2.20. The molecule has 0 spiro atoms. The number of nitrogens with one attached hydrogen (secondary N) is 2. The Balaban J connectivity index is 1.88. The minimum atomic E-state index is -3.98. The van der Waals surface area contributed by atoms with E-state index in [4.69, 9.17) is 16.3 Å². The summed E-state index contributed by atoms with van der Waals surface area (Å²) in [4.78, 5) is 13.1. The molecule has 0 bridgehead atoms. The van der Waals surface area contributed by atoms with Crippen LogP contribution in [-0.2, 0) is 21.2 Å². The number of para-hydroxylation sites is 1. The molecule has 1 amide bonds. The quantitative estimate of drug-likeness (QED) is 0.477. The van der Waals surface area contributed by atoms with Gasteiger partial charge in [-0.2, -0.15) is 4.72 Å². The average Bonchev–Trinajstić information content (AvgIpc) is 2.77. The number of amides is 1. The molecule has 0 radical (unpaired) electrons. The van der Waals surface area contributed by atoms with Gasteiger partial charge in [0.2, 0.25) is 15.9 Å². The Morgan fingerprint density at radius 1 is 1.03 bits per heavy atom. The summed E-state index contributed by atoms with van der Waals surface area (Å²) in [6, 6.07) is 19.5. The zero-order chi connectivity index (χ0) is 23.1. The van der Waals surface area contributed by atoms with Crippen LogP contribution in [0.2, 0.25) is 5.02 Å². The third-order valence-corrected chi connectivity index (χ3v) is 6.58. The molecule has 0 saturated heterocycles. The van der Waals surface area contributed by atoms with Gasteiger partial charge in [-0.05, 0) is 61.7 Å². The van der Waals surface area contributed by atoms with Crippen LogP contribution >= 0.6 is 11.6 Å². The number of carbonyl (C=O) groups is 1. The molecule has 0 aliphatic heterocycles. The van der Waals surface area contributed by atoms with Gasteiger partial charge in [-0.3, -0.25) is 4.79 Å². The predicted octanol–water partition coefficient (Wildman–Crippen LogP) is 4.58. The number of benzene rings is 3. The van der Waals surface area contributed by atoms with E-state index in [1.54, 1.807) is 37.3 Å². The van der Waals surface area contributed by atoms with Gasteiger partial charge in [-0.25, -0.2) is 8.42 Å². The second-order valence-corrected chi connectivity index (χ2v) is 9.31. The molecule has 8 heteroatoms. The molecule has 0 aliphatic carbocycles. The summed E-state index contributed by atoms with van der Waals surface area (Å²) in [5, 5.41) is 3.09. The molecule has 0 saturated carbocycles. The van der Waals surface area contributed by atoms with Crippen molar-refractivity contribution in [3.8, 4) is 5.75 Å². The third-order valence-electron chi connectivity index (χ3n) is 4.78. The smallest absolute Gasteiger partial charge is 0.242 e. The molecule has 32 heavy (non-hydrogen) atoms. The van der Waals surface area contributed by atoms with E-state index in [0.717, 1.165) is 5.56 Å². The zero-order valence-corrected chi connectivity index (χ0v) is 19.4. The molecule has 0 unspecified atom stereocenters. The first-order chi connectivity index (χ1) is 15.3. The molecule has 1 atom stereocenters. The third kappa shape index (κ3) is 6.09. The van der Waals surface area contributed by atoms with Crippen LogP contribution in [0.15, 0.2) is 77.7 Å². The first-order valence-corrected chi connectivity index (χ1v) is 12.0. The number of rotatable bonds is 9. The number of aryl methyl sites for hydroxylation is 1. The molecule has 0 aliphatic rings. The molecule has 0 aromatic heterocycles. The fraction of sp³-hybridized carbons (Fsp3) is 0.208. The van der Waals surface area contributed by atoms with Crippen molar-refractivity contribution in [2.24, 2.45) is 0 Å². The maximum absolute atomic E-state index is 13.1. The number of ether oxygens (including phenoxy) is 1. The van der Waals surface area contributed by atoms with Gasteiger partial charge in [0.15, 0.2) is 0 Å². The number of halogens is 1.